The first-order valence-electron chi connectivity index (χ1n) is 13.6. The zero-order valence-corrected chi connectivity index (χ0v) is 22.4. The Morgan fingerprint density at radius 3 is 2.42 bits per heavy atom. The summed E-state index contributed by atoms with van der Waals surface area (Å²) in [5.74, 6) is -11.0. The maximum atomic E-state index is 13.8. The number of Topliss-reactive ketones (excluding diaryl/α,β-unsaturated/α-hetero) is 4. The maximum Gasteiger partial charge on any atom is 0.238 e. The number of carbonyl (C=O) groups excluding carboxylic acids is 6. The van der Waals surface area contributed by atoms with Crippen LogP contribution in [0.15, 0.2) is 12.1 Å². The number of nitrogens with zero attached hydrogens (tertiary/aromatic N) is 1. The van der Waals surface area contributed by atoms with Crippen LogP contribution in [-0.2, 0) is 30.4 Å². The van der Waals surface area contributed by atoms with Crippen LogP contribution in [0.25, 0.3) is 0 Å². The molecule has 214 valence electrons. The third-order valence-corrected chi connectivity index (χ3v) is 9.15. The van der Waals surface area contributed by atoms with E-state index in [1.54, 1.807) is 6.07 Å². The molecule has 1 aromatic carbocycles. The lowest BCUT2D eigenvalue weighted by Crippen LogP contribution is -2.74. The van der Waals surface area contributed by atoms with Gasteiger partial charge in [0.15, 0.2) is 34.7 Å². The number of phenolic OH excluding ortho intramolecular Hbond substituents is 1. The van der Waals surface area contributed by atoms with Crippen LogP contribution in [0.4, 0.5) is 5.69 Å². The van der Waals surface area contributed by atoms with Gasteiger partial charge in [-0.2, -0.15) is 0 Å². The van der Waals surface area contributed by atoms with Crippen LogP contribution in [0, 0.1) is 29.6 Å². The predicted octanol–water partition coefficient (Wildman–Crippen LogP) is -0.805. The number of phenols is 1. The molecule has 0 aliphatic heterocycles. The number of nitrogens with two attached hydrogens (primary N) is 1. The lowest BCUT2D eigenvalue weighted by atomic mass is 9.52. The largest absolute Gasteiger partial charge is 0.505 e. The van der Waals surface area contributed by atoms with Crippen molar-refractivity contribution in [2.45, 2.75) is 43.7 Å². The van der Waals surface area contributed by atoms with Crippen molar-refractivity contribution < 1.29 is 39.0 Å². The van der Waals surface area contributed by atoms with Crippen molar-refractivity contribution in [3.05, 3.63) is 23.3 Å². The molecule has 4 aliphatic carbocycles. The van der Waals surface area contributed by atoms with Crippen LogP contribution in [0.5, 0.6) is 5.75 Å². The fourth-order valence-electron chi connectivity index (χ4n) is 6.96. The quantitative estimate of drug-likeness (QED) is 0.210. The van der Waals surface area contributed by atoms with E-state index in [2.05, 4.69) is 10.6 Å². The molecule has 4 unspecified atom stereocenters. The maximum absolute atomic E-state index is 13.8. The first kappa shape index (κ1) is 28.1. The third-order valence-electron chi connectivity index (χ3n) is 9.15. The summed E-state index contributed by atoms with van der Waals surface area (Å²) >= 11 is 0. The first-order chi connectivity index (χ1) is 18.9. The number of hydrogen-bond acceptors (Lipinski definition) is 10. The van der Waals surface area contributed by atoms with Gasteiger partial charge in [-0.25, -0.2) is 0 Å². The van der Waals surface area contributed by atoms with Gasteiger partial charge in [0.25, 0.3) is 0 Å². The highest BCUT2D eigenvalue weighted by Gasteiger charge is 2.69. The minimum absolute atomic E-state index is 0.00152. The van der Waals surface area contributed by atoms with Gasteiger partial charge in [0.2, 0.25) is 11.8 Å². The molecule has 1 aromatic rings. The van der Waals surface area contributed by atoms with Crippen LogP contribution in [0.1, 0.15) is 41.6 Å². The van der Waals surface area contributed by atoms with E-state index in [-0.39, 0.29) is 30.6 Å². The number of amides is 2. The molecule has 0 heterocycles. The molecule has 0 saturated heterocycles. The molecule has 0 spiro atoms. The normalized spacial score (nSPS) is 31.8. The Kier molecular flexibility index (Phi) is 7.13. The number of aliphatic hydroxyl groups is 1. The number of nitrogens with one attached hydrogen (secondary N) is 2. The number of likely N-dealkylation sites (N-methyl/N-ethyl adjacent to an activating group) is 1. The van der Waals surface area contributed by atoms with E-state index in [0.29, 0.717) is 18.0 Å². The number of primary amides is 1. The van der Waals surface area contributed by atoms with Crippen molar-refractivity contribution in [3.8, 4) is 5.75 Å². The van der Waals surface area contributed by atoms with E-state index < -0.39 is 76.0 Å². The molecule has 0 bridgehead atoms. The molecule has 12 nitrogen and oxygen atoms in total. The Morgan fingerprint density at radius 1 is 1.12 bits per heavy atom. The van der Waals surface area contributed by atoms with Crippen LogP contribution in [0.2, 0.25) is 0 Å². The van der Waals surface area contributed by atoms with E-state index >= 15 is 0 Å². The van der Waals surface area contributed by atoms with Gasteiger partial charge in [-0.1, -0.05) is 12.5 Å². The van der Waals surface area contributed by atoms with Crippen molar-refractivity contribution in [1.29, 1.82) is 0 Å². The van der Waals surface area contributed by atoms with Crippen molar-refractivity contribution in [2.24, 2.45) is 35.3 Å². The molecule has 4 aliphatic rings. The highest BCUT2D eigenvalue weighted by Crippen LogP contribution is 2.51. The SMILES string of the molecule is CN(C)[C@@H]1C(=O)C(C(N)=O)C(=O)[C@@]2(O)C(=O)C3C(=O)c4c(ccc(NC(=O)CNCC5CCC5)c4O)CC3CC12. The molecule has 3 fully saturated rings. The van der Waals surface area contributed by atoms with E-state index in [0.717, 1.165) is 12.8 Å². The number of anilines is 1. The summed E-state index contributed by atoms with van der Waals surface area (Å²) in [6, 6.07) is 1.93. The molecule has 3 saturated carbocycles. The van der Waals surface area contributed by atoms with Gasteiger partial charge in [0.1, 0.15) is 5.75 Å². The number of ketones is 4. The highest BCUT2D eigenvalue weighted by atomic mass is 16.3. The van der Waals surface area contributed by atoms with Crippen molar-refractivity contribution in [1.82, 2.24) is 10.2 Å². The molecule has 12 heteroatoms. The Balaban J connectivity index is 1.43. The monoisotopic (exact) mass is 554 g/mol. The second kappa shape index (κ2) is 10.2. The summed E-state index contributed by atoms with van der Waals surface area (Å²) in [7, 11) is 3.07. The number of carbonyl (C=O) groups is 6. The number of benzene rings is 1. The zero-order chi connectivity index (χ0) is 29.1. The smallest absolute Gasteiger partial charge is 0.238 e. The second-order valence-corrected chi connectivity index (χ2v) is 11.8. The van der Waals surface area contributed by atoms with Crippen molar-refractivity contribution >= 4 is 40.6 Å². The fourth-order valence-corrected chi connectivity index (χ4v) is 6.96. The molecular weight excluding hydrogens is 520 g/mol. The van der Waals surface area contributed by atoms with Gasteiger partial charge in [0.05, 0.1) is 29.8 Å². The van der Waals surface area contributed by atoms with Gasteiger partial charge in [-0.15, -0.1) is 0 Å². The fraction of sp³-hybridized carbons (Fsp3) is 0.571. The summed E-state index contributed by atoms with van der Waals surface area (Å²) in [6.45, 7) is 0.736. The number of hydrogen-bond donors (Lipinski definition) is 5. The standard InChI is InChI=1S/C28H34N4O8/c1-32(2)21-15-9-14-8-13-6-7-16(31-17(33)11-30-10-12-4-3-5-12)22(34)18(13)23(35)19(14)25(37)28(15,40)26(38)20(24(21)36)27(29)39/h6-7,12,14-15,19-21,30,34,40H,3-5,8-11H2,1-2H3,(H2,29,39)(H,31,33)/t14?,15?,19?,20?,21-,28-/m0/s1. The Labute approximate surface area is 230 Å². The molecule has 5 rings (SSSR count). The lowest BCUT2D eigenvalue weighted by molar-refractivity contribution is -0.181. The van der Waals surface area contributed by atoms with Crippen molar-refractivity contribution in [2.75, 3.05) is 32.5 Å². The summed E-state index contributed by atoms with van der Waals surface area (Å²) in [6.07, 6.45) is 3.58. The van der Waals surface area contributed by atoms with E-state index in [4.69, 9.17) is 5.73 Å². The van der Waals surface area contributed by atoms with Gasteiger partial charge < -0.3 is 26.6 Å². The Morgan fingerprint density at radius 2 is 1.82 bits per heavy atom. The molecule has 0 aromatic heterocycles. The summed E-state index contributed by atoms with van der Waals surface area (Å²) in [5, 5.41) is 28.3. The summed E-state index contributed by atoms with van der Waals surface area (Å²) in [4.78, 5) is 79.9. The number of rotatable bonds is 7. The minimum atomic E-state index is -2.77. The van der Waals surface area contributed by atoms with Crippen LogP contribution >= 0.6 is 0 Å². The van der Waals surface area contributed by atoms with E-state index in [1.165, 1.54) is 31.5 Å². The topological polar surface area (TPSA) is 196 Å². The van der Waals surface area contributed by atoms with Gasteiger partial charge in [0, 0.05) is 5.92 Å². The Hall–Kier alpha value is -3.48. The third kappa shape index (κ3) is 4.25. The second-order valence-electron chi connectivity index (χ2n) is 11.8. The summed E-state index contributed by atoms with van der Waals surface area (Å²) < 4.78 is 0. The molecule has 6 atom stereocenters. The molecule has 0 radical (unpaired) electrons. The number of fused-ring (bicyclic) bond motifs is 3. The Bertz CT molecular complexity index is 1320. The average molecular weight is 555 g/mol. The molecular formula is C28H34N4O8. The highest BCUT2D eigenvalue weighted by molar-refractivity contribution is 6.32. The minimum Gasteiger partial charge on any atom is -0.505 e. The van der Waals surface area contributed by atoms with Crippen molar-refractivity contribution in [3.63, 3.8) is 0 Å². The summed E-state index contributed by atoms with van der Waals surface area (Å²) in [5.41, 5.74) is 2.85. The van der Waals surface area contributed by atoms with Crippen LogP contribution in [0.3, 0.4) is 0 Å². The van der Waals surface area contributed by atoms with Gasteiger partial charge in [-0.3, -0.25) is 33.7 Å². The predicted molar refractivity (Wildman–Crippen MR) is 140 cm³/mol. The number of aromatic hydroxyl groups is 1. The zero-order valence-electron chi connectivity index (χ0n) is 22.4. The van der Waals surface area contributed by atoms with Gasteiger partial charge in [-0.05, 0) is 69.8 Å². The van der Waals surface area contributed by atoms with Gasteiger partial charge >= 0.3 is 0 Å². The van der Waals surface area contributed by atoms with Crippen LogP contribution in [-0.4, -0.2) is 88.9 Å². The average Bonchev–Trinajstić information content (AvgIpc) is 2.84. The molecule has 40 heavy (non-hydrogen) atoms. The van der Waals surface area contributed by atoms with E-state index in [9.17, 15) is 39.0 Å². The molecule has 2 amide bonds. The lowest BCUT2D eigenvalue weighted by Gasteiger charge is -2.52. The van der Waals surface area contributed by atoms with E-state index in [1.807, 2.05) is 0 Å². The molecule has 6 N–H and O–H groups in total. The van der Waals surface area contributed by atoms with Crippen LogP contribution < -0.4 is 16.4 Å². The first-order valence-corrected chi connectivity index (χ1v) is 13.6.